The van der Waals surface area contributed by atoms with E-state index >= 15 is 0 Å². The summed E-state index contributed by atoms with van der Waals surface area (Å²) in [5, 5.41) is 12.0. The van der Waals surface area contributed by atoms with E-state index < -0.39 is 11.6 Å². The molecule has 2 aromatic carbocycles. The number of carbonyl (C=O) groups excluding carboxylic acids is 1. The van der Waals surface area contributed by atoms with Crippen molar-refractivity contribution in [1.82, 2.24) is 5.32 Å². The molecule has 0 radical (unpaired) electrons. The summed E-state index contributed by atoms with van der Waals surface area (Å²) in [6, 6.07) is 15.7. The molecular formula is C24H27BrN2O4. The van der Waals surface area contributed by atoms with Gasteiger partial charge in [0.15, 0.2) is 5.54 Å². The molecule has 6 nitrogen and oxygen atoms in total. The fraction of sp³-hybridized carbons (Fsp3) is 0.417. The maximum Gasteiger partial charge on any atom is 0.252 e. The Hall–Kier alpha value is -2.38. The second-order valence-electron chi connectivity index (χ2n) is 8.10. The van der Waals surface area contributed by atoms with Gasteiger partial charge in [-0.05, 0) is 61.7 Å². The Morgan fingerprint density at radius 1 is 1.23 bits per heavy atom. The Balaban J connectivity index is 1.59. The average Bonchev–Trinajstić information content (AvgIpc) is 3.52. The standard InChI is InChI=1S/C24H27BrN2O4/c1-16-24(23(29)26-20-9-10-20,15-17-3-7-19(25)8-4-17)27-22(31-16)18-5-11-21(12-6-18)30-14-2-13-28/h3-8,11-12,16,20,28H,2,9-10,13-15H2,1H3,(H,26,29)/t16-,24-/m1/s1. The summed E-state index contributed by atoms with van der Waals surface area (Å²) in [5.41, 5.74) is 0.822. The van der Waals surface area contributed by atoms with Gasteiger partial charge in [0.2, 0.25) is 5.90 Å². The number of nitrogens with one attached hydrogen (secondary N) is 1. The van der Waals surface area contributed by atoms with Crippen LogP contribution < -0.4 is 10.1 Å². The topological polar surface area (TPSA) is 80.2 Å². The second-order valence-corrected chi connectivity index (χ2v) is 9.02. The first-order valence-electron chi connectivity index (χ1n) is 10.7. The van der Waals surface area contributed by atoms with Crippen LogP contribution in [0.2, 0.25) is 0 Å². The molecule has 0 unspecified atom stereocenters. The van der Waals surface area contributed by atoms with Crippen molar-refractivity contribution in [2.24, 2.45) is 4.99 Å². The van der Waals surface area contributed by atoms with E-state index in [4.69, 9.17) is 19.6 Å². The van der Waals surface area contributed by atoms with Crippen molar-refractivity contribution in [3.63, 3.8) is 0 Å². The van der Waals surface area contributed by atoms with Crippen LogP contribution in [0.25, 0.3) is 0 Å². The number of carbonyl (C=O) groups is 1. The monoisotopic (exact) mass is 486 g/mol. The van der Waals surface area contributed by atoms with Crippen molar-refractivity contribution in [1.29, 1.82) is 0 Å². The van der Waals surface area contributed by atoms with Gasteiger partial charge in [0.05, 0.1) is 6.61 Å². The largest absolute Gasteiger partial charge is 0.494 e. The third-order valence-corrected chi connectivity index (χ3v) is 6.16. The maximum absolute atomic E-state index is 13.3. The van der Waals surface area contributed by atoms with Gasteiger partial charge in [-0.25, -0.2) is 4.99 Å². The van der Waals surface area contributed by atoms with Crippen molar-refractivity contribution in [3.05, 3.63) is 64.1 Å². The van der Waals surface area contributed by atoms with Gasteiger partial charge in [-0.15, -0.1) is 0 Å². The minimum Gasteiger partial charge on any atom is -0.494 e. The average molecular weight is 487 g/mol. The van der Waals surface area contributed by atoms with Gasteiger partial charge < -0.3 is 19.9 Å². The number of amides is 1. The predicted molar refractivity (Wildman–Crippen MR) is 122 cm³/mol. The van der Waals surface area contributed by atoms with Crippen molar-refractivity contribution < 1.29 is 19.4 Å². The van der Waals surface area contributed by atoms with E-state index in [1.807, 2.05) is 55.5 Å². The van der Waals surface area contributed by atoms with Crippen LogP contribution >= 0.6 is 15.9 Å². The normalized spacial score (nSPS) is 22.5. The van der Waals surface area contributed by atoms with E-state index in [9.17, 15) is 4.79 Å². The Bertz CT molecular complexity index is 941. The van der Waals surface area contributed by atoms with Crippen molar-refractivity contribution in [2.45, 2.75) is 50.3 Å². The zero-order valence-electron chi connectivity index (χ0n) is 17.5. The molecule has 0 saturated heterocycles. The Morgan fingerprint density at radius 2 is 1.94 bits per heavy atom. The number of ether oxygens (including phenoxy) is 2. The molecule has 1 saturated carbocycles. The van der Waals surface area contributed by atoms with Crippen LogP contribution in [-0.4, -0.2) is 47.8 Å². The summed E-state index contributed by atoms with van der Waals surface area (Å²) < 4.78 is 12.7. The number of hydrogen-bond donors (Lipinski definition) is 2. The molecule has 31 heavy (non-hydrogen) atoms. The molecule has 1 heterocycles. The lowest BCUT2D eigenvalue weighted by Gasteiger charge is -2.28. The van der Waals surface area contributed by atoms with Crippen molar-refractivity contribution in [3.8, 4) is 5.75 Å². The third kappa shape index (κ3) is 5.10. The molecule has 0 spiro atoms. The van der Waals surface area contributed by atoms with E-state index in [-0.39, 0.29) is 18.6 Å². The number of aliphatic hydroxyl groups is 1. The first kappa shape index (κ1) is 21.8. The molecule has 0 aromatic heterocycles. The van der Waals surface area contributed by atoms with Gasteiger partial charge in [-0.3, -0.25) is 4.79 Å². The molecule has 2 N–H and O–H groups in total. The van der Waals surface area contributed by atoms with Crippen LogP contribution in [0.4, 0.5) is 0 Å². The molecule has 2 atom stereocenters. The number of aliphatic imine (C=N–C) groups is 1. The summed E-state index contributed by atoms with van der Waals surface area (Å²) in [7, 11) is 0. The van der Waals surface area contributed by atoms with Crippen LogP contribution in [0.3, 0.4) is 0 Å². The lowest BCUT2D eigenvalue weighted by Crippen LogP contribution is -2.53. The Morgan fingerprint density at radius 3 is 2.58 bits per heavy atom. The minimum atomic E-state index is -1.01. The molecule has 164 valence electrons. The van der Waals surface area contributed by atoms with Gasteiger partial charge in [0.25, 0.3) is 5.91 Å². The summed E-state index contributed by atoms with van der Waals surface area (Å²) in [5.74, 6) is 1.11. The quantitative estimate of drug-likeness (QED) is 0.530. The molecule has 1 amide bonds. The number of halogens is 1. The highest BCUT2D eigenvalue weighted by Gasteiger charge is 2.51. The zero-order chi connectivity index (χ0) is 21.8. The number of benzene rings is 2. The fourth-order valence-electron chi connectivity index (χ4n) is 3.59. The molecule has 7 heteroatoms. The Kier molecular flexibility index (Phi) is 6.62. The lowest BCUT2D eigenvalue weighted by molar-refractivity contribution is -0.128. The Labute approximate surface area is 190 Å². The van der Waals surface area contributed by atoms with E-state index in [1.165, 1.54) is 0 Å². The summed E-state index contributed by atoms with van der Waals surface area (Å²) in [4.78, 5) is 18.2. The molecule has 0 bridgehead atoms. The molecule has 1 aliphatic heterocycles. The van der Waals surface area contributed by atoms with Gasteiger partial charge >= 0.3 is 0 Å². The molecular weight excluding hydrogens is 460 g/mol. The van der Waals surface area contributed by atoms with E-state index in [1.54, 1.807) is 0 Å². The van der Waals surface area contributed by atoms with Gasteiger partial charge in [0, 0.05) is 35.5 Å². The summed E-state index contributed by atoms with van der Waals surface area (Å²) >= 11 is 3.46. The molecule has 2 aromatic rings. The van der Waals surface area contributed by atoms with Crippen LogP contribution in [-0.2, 0) is 16.0 Å². The number of aliphatic hydroxyl groups excluding tert-OH is 1. The van der Waals surface area contributed by atoms with Gasteiger partial charge in [-0.1, -0.05) is 28.1 Å². The van der Waals surface area contributed by atoms with E-state index in [0.717, 1.165) is 34.2 Å². The van der Waals surface area contributed by atoms with Gasteiger partial charge in [-0.2, -0.15) is 0 Å². The summed E-state index contributed by atoms with van der Waals surface area (Å²) in [6.45, 7) is 2.47. The highest BCUT2D eigenvalue weighted by molar-refractivity contribution is 9.10. The van der Waals surface area contributed by atoms with Gasteiger partial charge in [0.1, 0.15) is 11.9 Å². The van der Waals surface area contributed by atoms with Crippen LogP contribution in [0.15, 0.2) is 58.0 Å². The maximum atomic E-state index is 13.3. The van der Waals surface area contributed by atoms with Crippen molar-refractivity contribution in [2.75, 3.05) is 13.2 Å². The highest BCUT2D eigenvalue weighted by atomic mass is 79.9. The van der Waals surface area contributed by atoms with E-state index in [2.05, 4.69) is 21.2 Å². The predicted octanol–water partition coefficient (Wildman–Crippen LogP) is 3.64. The second kappa shape index (κ2) is 9.40. The first-order valence-corrected chi connectivity index (χ1v) is 11.5. The molecule has 1 aliphatic carbocycles. The SMILES string of the molecule is C[C@H]1OC(c2ccc(OCCCO)cc2)=N[C@@]1(Cc1ccc(Br)cc1)C(=O)NC1CC1. The minimum absolute atomic E-state index is 0.0793. The molecule has 2 aliphatic rings. The van der Waals surface area contributed by atoms with E-state index in [0.29, 0.717) is 25.3 Å². The van der Waals surface area contributed by atoms with Crippen LogP contribution in [0.5, 0.6) is 5.75 Å². The number of rotatable bonds is 9. The molecule has 4 rings (SSSR count). The highest BCUT2D eigenvalue weighted by Crippen LogP contribution is 2.34. The molecule has 1 fully saturated rings. The fourth-order valence-corrected chi connectivity index (χ4v) is 3.86. The zero-order valence-corrected chi connectivity index (χ0v) is 19.1. The first-order chi connectivity index (χ1) is 15.0. The van der Waals surface area contributed by atoms with Crippen LogP contribution in [0, 0.1) is 0 Å². The number of nitrogens with zero attached hydrogens (tertiary/aromatic N) is 1. The summed E-state index contributed by atoms with van der Waals surface area (Å²) in [6.07, 6.45) is 2.69. The smallest absolute Gasteiger partial charge is 0.252 e. The van der Waals surface area contributed by atoms with Crippen molar-refractivity contribution >= 4 is 27.7 Å². The third-order valence-electron chi connectivity index (χ3n) is 5.63. The lowest BCUT2D eigenvalue weighted by atomic mass is 9.86. The number of hydrogen-bond acceptors (Lipinski definition) is 5. The van der Waals surface area contributed by atoms with Crippen LogP contribution in [0.1, 0.15) is 37.3 Å².